The first-order chi connectivity index (χ1) is 18.4. The number of hydrogen-bond donors (Lipinski definition) is 1. The van der Waals surface area contributed by atoms with E-state index in [2.05, 4.69) is 72.2 Å². The maximum atomic E-state index is 13.1. The second-order valence-corrected chi connectivity index (χ2v) is 12.4. The van der Waals surface area contributed by atoms with Crippen LogP contribution in [0.25, 0.3) is 0 Å². The number of rotatable bonds is 5. The van der Waals surface area contributed by atoms with Crippen LogP contribution in [0, 0.1) is 23.2 Å². The highest BCUT2D eigenvalue weighted by Crippen LogP contribution is 2.56. The first kappa shape index (κ1) is 26.1. The number of nitrogens with zero attached hydrogens (tertiary/aromatic N) is 2. The van der Waals surface area contributed by atoms with Crippen molar-refractivity contribution in [2.75, 3.05) is 32.7 Å². The van der Waals surface area contributed by atoms with Crippen LogP contribution < -0.4 is 0 Å². The van der Waals surface area contributed by atoms with Crippen molar-refractivity contribution in [1.29, 1.82) is 0 Å². The second-order valence-electron chi connectivity index (χ2n) is 12.0. The van der Waals surface area contributed by atoms with Gasteiger partial charge in [-0.3, -0.25) is 14.6 Å². The number of carbonyl (C=O) groups excluding carboxylic acids is 1. The Hall–Kier alpha value is -2.18. The maximum Gasteiger partial charge on any atom is 0.311 e. The van der Waals surface area contributed by atoms with E-state index in [9.17, 15) is 9.90 Å². The van der Waals surface area contributed by atoms with Gasteiger partial charge in [-0.05, 0) is 42.0 Å². The fourth-order valence-corrected chi connectivity index (χ4v) is 7.78. The lowest BCUT2D eigenvalue weighted by Crippen LogP contribution is -2.55. The summed E-state index contributed by atoms with van der Waals surface area (Å²) in [6.45, 7) is 8.70. The van der Waals surface area contributed by atoms with Crippen LogP contribution in [-0.2, 0) is 9.53 Å². The van der Waals surface area contributed by atoms with Gasteiger partial charge in [0.2, 0.25) is 0 Å². The molecule has 0 aromatic heterocycles. The molecule has 3 fully saturated rings. The Kier molecular flexibility index (Phi) is 7.15. The summed E-state index contributed by atoms with van der Waals surface area (Å²) < 4.78 is 5.92. The molecule has 7 atom stereocenters. The Labute approximate surface area is 231 Å². The van der Waals surface area contributed by atoms with Crippen LogP contribution in [0.3, 0.4) is 0 Å². The third kappa shape index (κ3) is 4.52. The lowest BCUT2D eigenvalue weighted by Gasteiger charge is -2.52. The lowest BCUT2D eigenvalue weighted by atomic mass is 9.55. The van der Waals surface area contributed by atoms with Gasteiger partial charge in [0.05, 0.1) is 18.1 Å². The fraction of sp³-hybridized carbons (Fsp3) is 0.531. The van der Waals surface area contributed by atoms with Crippen LogP contribution in [0.4, 0.5) is 0 Å². The van der Waals surface area contributed by atoms with Gasteiger partial charge < -0.3 is 9.84 Å². The normalized spacial score (nSPS) is 34.7. The van der Waals surface area contributed by atoms with Crippen molar-refractivity contribution in [2.45, 2.75) is 51.4 Å². The first-order valence-corrected chi connectivity index (χ1v) is 14.6. The van der Waals surface area contributed by atoms with Crippen LogP contribution in [0.1, 0.15) is 50.3 Å². The number of aliphatic hydroxyl groups excluding tert-OH is 1. The standard InChI is InChI=1S/C32H39ClN2O3/c1-21-7-6-10-24-19-27-28(30(36)32(21,24)2)26(31(37)38-27)20-34-15-17-35(18-16-34)29(22-8-4-3-5-9-22)23-11-13-25(33)14-12-23/h3-5,8-14,21,26-30,36H,6-7,15-20H2,1-2H3/t21-,26+,27+,28+,29-,30-,32+/m0/s1. The third-order valence-electron chi connectivity index (χ3n) is 10.1. The molecule has 38 heavy (non-hydrogen) atoms. The highest BCUT2D eigenvalue weighted by molar-refractivity contribution is 6.30. The van der Waals surface area contributed by atoms with Crippen molar-refractivity contribution < 1.29 is 14.6 Å². The molecule has 2 saturated heterocycles. The van der Waals surface area contributed by atoms with E-state index in [-0.39, 0.29) is 35.4 Å². The van der Waals surface area contributed by atoms with E-state index < -0.39 is 6.10 Å². The van der Waals surface area contributed by atoms with Crippen LogP contribution in [-0.4, -0.2) is 65.8 Å². The van der Waals surface area contributed by atoms with E-state index >= 15 is 0 Å². The fourth-order valence-electron chi connectivity index (χ4n) is 7.65. The minimum atomic E-state index is -0.548. The molecule has 4 aliphatic rings. The Balaban J connectivity index is 1.16. The van der Waals surface area contributed by atoms with Crippen molar-refractivity contribution in [2.24, 2.45) is 23.2 Å². The average molecular weight is 535 g/mol. The lowest BCUT2D eigenvalue weighted by molar-refractivity contribution is -0.145. The Morgan fingerprint density at radius 1 is 1.05 bits per heavy atom. The molecule has 2 heterocycles. The molecule has 2 aromatic carbocycles. The molecule has 6 heteroatoms. The number of halogens is 1. The van der Waals surface area contributed by atoms with Gasteiger partial charge in [-0.1, -0.05) is 79.6 Å². The Morgan fingerprint density at radius 2 is 1.74 bits per heavy atom. The van der Waals surface area contributed by atoms with Gasteiger partial charge >= 0.3 is 5.97 Å². The number of benzene rings is 2. The summed E-state index contributed by atoms with van der Waals surface area (Å²) in [6, 6.07) is 19.0. The number of fused-ring (bicyclic) bond motifs is 2. The largest absolute Gasteiger partial charge is 0.461 e. The number of esters is 1. The zero-order valence-electron chi connectivity index (χ0n) is 22.4. The predicted octanol–water partition coefficient (Wildman–Crippen LogP) is 5.33. The van der Waals surface area contributed by atoms with E-state index in [0.29, 0.717) is 12.5 Å². The molecule has 0 amide bonds. The smallest absolute Gasteiger partial charge is 0.311 e. The molecular weight excluding hydrogens is 496 g/mol. The SMILES string of the molecule is C[C@H]1CCC=C2C[C@H]3OC(=O)[C@H](CN4CCN([C@@H](c5ccccc5)c5ccc(Cl)cc5)CC4)[C@H]3[C@H](O)[C@@]21C. The molecule has 2 aliphatic carbocycles. The molecule has 0 radical (unpaired) electrons. The van der Waals surface area contributed by atoms with E-state index in [1.807, 2.05) is 12.1 Å². The molecule has 2 aromatic rings. The number of piperazine rings is 1. The summed E-state index contributed by atoms with van der Waals surface area (Å²) in [5.74, 6) is -0.119. The zero-order valence-corrected chi connectivity index (χ0v) is 23.2. The van der Waals surface area contributed by atoms with Gasteiger partial charge in [0.1, 0.15) is 6.10 Å². The van der Waals surface area contributed by atoms with Crippen molar-refractivity contribution in [3.63, 3.8) is 0 Å². The molecule has 0 bridgehead atoms. The van der Waals surface area contributed by atoms with Gasteiger partial charge in [0.15, 0.2) is 0 Å². The molecule has 202 valence electrons. The number of allylic oxidation sites excluding steroid dienone is 1. The summed E-state index contributed by atoms with van der Waals surface area (Å²) in [7, 11) is 0. The quantitative estimate of drug-likeness (QED) is 0.415. The van der Waals surface area contributed by atoms with Crippen molar-refractivity contribution >= 4 is 17.6 Å². The number of aliphatic hydroxyl groups is 1. The summed E-state index contributed by atoms with van der Waals surface area (Å²) in [4.78, 5) is 18.1. The predicted molar refractivity (Wildman–Crippen MR) is 150 cm³/mol. The Morgan fingerprint density at radius 3 is 2.45 bits per heavy atom. The van der Waals surface area contributed by atoms with E-state index in [0.717, 1.165) is 50.5 Å². The summed E-state index contributed by atoms with van der Waals surface area (Å²) in [6.07, 6.45) is 4.47. The van der Waals surface area contributed by atoms with Gasteiger partial charge in [-0.2, -0.15) is 0 Å². The molecule has 0 spiro atoms. The number of ether oxygens (including phenoxy) is 1. The van der Waals surface area contributed by atoms with Crippen LogP contribution in [0.5, 0.6) is 0 Å². The molecule has 1 N–H and O–H groups in total. The van der Waals surface area contributed by atoms with E-state index in [1.54, 1.807) is 0 Å². The number of hydrogen-bond acceptors (Lipinski definition) is 5. The second kappa shape index (κ2) is 10.4. The van der Waals surface area contributed by atoms with Crippen molar-refractivity contribution in [3.8, 4) is 0 Å². The zero-order chi connectivity index (χ0) is 26.4. The third-order valence-corrected chi connectivity index (χ3v) is 10.4. The van der Waals surface area contributed by atoms with Crippen molar-refractivity contribution in [1.82, 2.24) is 9.80 Å². The highest BCUT2D eigenvalue weighted by atomic mass is 35.5. The summed E-state index contributed by atoms with van der Waals surface area (Å²) in [5, 5.41) is 12.4. The highest BCUT2D eigenvalue weighted by Gasteiger charge is 2.59. The van der Waals surface area contributed by atoms with Gasteiger partial charge in [-0.15, -0.1) is 0 Å². The topological polar surface area (TPSA) is 53.0 Å². The van der Waals surface area contributed by atoms with Crippen LogP contribution in [0.15, 0.2) is 66.2 Å². The molecule has 2 aliphatic heterocycles. The van der Waals surface area contributed by atoms with E-state index in [1.165, 1.54) is 16.7 Å². The summed E-state index contributed by atoms with van der Waals surface area (Å²) >= 11 is 6.19. The number of carbonyl (C=O) groups is 1. The van der Waals surface area contributed by atoms with Gasteiger partial charge in [-0.25, -0.2) is 0 Å². The van der Waals surface area contributed by atoms with Gasteiger partial charge in [0, 0.05) is 55.5 Å². The summed E-state index contributed by atoms with van der Waals surface area (Å²) in [5.41, 5.74) is 3.54. The Bertz CT molecular complexity index is 1180. The molecular formula is C32H39ClN2O3. The van der Waals surface area contributed by atoms with Crippen LogP contribution in [0.2, 0.25) is 5.02 Å². The van der Waals surface area contributed by atoms with Crippen molar-refractivity contribution in [3.05, 3.63) is 82.4 Å². The van der Waals surface area contributed by atoms with Gasteiger partial charge in [0.25, 0.3) is 0 Å². The van der Waals surface area contributed by atoms with E-state index in [4.69, 9.17) is 16.3 Å². The molecule has 0 unspecified atom stereocenters. The molecule has 1 saturated carbocycles. The minimum absolute atomic E-state index is 0.125. The first-order valence-electron chi connectivity index (χ1n) is 14.2. The maximum absolute atomic E-state index is 13.1. The van der Waals surface area contributed by atoms with Crippen LogP contribution >= 0.6 is 11.6 Å². The monoisotopic (exact) mass is 534 g/mol. The minimum Gasteiger partial charge on any atom is -0.461 e. The molecule has 5 nitrogen and oxygen atoms in total. The average Bonchev–Trinajstić information content (AvgIpc) is 3.23. The molecule has 6 rings (SSSR count).